The van der Waals surface area contributed by atoms with Crippen molar-refractivity contribution in [1.82, 2.24) is 0 Å². The first-order valence-corrected chi connectivity index (χ1v) is 6.19. The zero-order valence-corrected chi connectivity index (χ0v) is 11.2. The molecule has 0 aliphatic rings. The second-order valence-corrected chi connectivity index (χ2v) is 4.26. The summed E-state index contributed by atoms with van der Waals surface area (Å²) in [7, 11) is 0. The molecule has 2 aromatic carbocycles. The van der Waals surface area contributed by atoms with Crippen molar-refractivity contribution in [3.8, 4) is 17.6 Å². The van der Waals surface area contributed by atoms with Gasteiger partial charge in [0, 0.05) is 5.56 Å². The summed E-state index contributed by atoms with van der Waals surface area (Å²) < 4.78 is 5.65. The molecule has 0 heterocycles. The molecule has 5 nitrogen and oxygen atoms in total. The van der Waals surface area contributed by atoms with E-state index in [0.29, 0.717) is 11.3 Å². The first-order valence-electron chi connectivity index (χ1n) is 6.19. The Kier molecular flexibility index (Phi) is 4.22. The molecule has 0 saturated carbocycles. The molecule has 0 aromatic heterocycles. The Bertz CT molecular complexity index is 708. The van der Waals surface area contributed by atoms with E-state index in [4.69, 9.17) is 26.9 Å². The lowest BCUT2D eigenvalue weighted by Gasteiger charge is -2.07. The molecule has 0 atom stereocenters. The molecule has 0 radical (unpaired) electrons. The molecule has 21 heavy (non-hydrogen) atoms. The summed E-state index contributed by atoms with van der Waals surface area (Å²) in [4.78, 5) is 0. The standard InChI is InChI=1S/C16H14N4O/c17-10-14(16(19)20)15(18)11-6-8-13(9-7-11)21-12-4-2-1-3-5-12/h1-9,18H,19-20H2. The lowest BCUT2D eigenvalue weighted by molar-refractivity contribution is 0.482. The van der Waals surface area contributed by atoms with Crippen LogP contribution in [0, 0.1) is 16.7 Å². The van der Waals surface area contributed by atoms with Crippen molar-refractivity contribution in [1.29, 1.82) is 10.7 Å². The number of nitriles is 1. The number of hydrogen-bond donors (Lipinski definition) is 3. The van der Waals surface area contributed by atoms with Crippen molar-refractivity contribution in [2.45, 2.75) is 0 Å². The molecule has 0 fully saturated rings. The number of nitrogens with zero attached hydrogens (tertiary/aromatic N) is 1. The molecule has 5 heteroatoms. The Morgan fingerprint density at radius 2 is 1.52 bits per heavy atom. The summed E-state index contributed by atoms with van der Waals surface area (Å²) in [6, 6.07) is 18.0. The number of allylic oxidation sites excluding steroid dienone is 1. The maximum Gasteiger partial charge on any atom is 0.127 e. The van der Waals surface area contributed by atoms with Crippen molar-refractivity contribution in [2.24, 2.45) is 11.5 Å². The van der Waals surface area contributed by atoms with E-state index >= 15 is 0 Å². The van der Waals surface area contributed by atoms with Crippen LogP contribution in [0.2, 0.25) is 0 Å². The van der Waals surface area contributed by atoms with Crippen LogP contribution < -0.4 is 16.2 Å². The first kappa shape index (κ1) is 14.2. The van der Waals surface area contributed by atoms with Crippen LogP contribution in [0.5, 0.6) is 11.5 Å². The van der Waals surface area contributed by atoms with Crippen LogP contribution in [0.1, 0.15) is 5.56 Å². The Balaban J connectivity index is 2.18. The van der Waals surface area contributed by atoms with E-state index in [-0.39, 0.29) is 17.1 Å². The monoisotopic (exact) mass is 278 g/mol. The number of benzene rings is 2. The van der Waals surface area contributed by atoms with Gasteiger partial charge >= 0.3 is 0 Å². The van der Waals surface area contributed by atoms with Crippen molar-refractivity contribution >= 4 is 5.71 Å². The van der Waals surface area contributed by atoms with Gasteiger partial charge in [-0.3, -0.25) is 5.41 Å². The fourth-order valence-corrected chi connectivity index (χ4v) is 1.72. The van der Waals surface area contributed by atoms with Crippen molar-refractivity contribution < 1.29 is 4.74 Å². The summed E-state index contributed by atoms with van der Waals surface area (Å²) in [5.74, 6) is 1.21. The predicted octanol–water partition coefficient (Wildman–Crippen LogP) is 2.50. The summed E-state index contributed by atoms with van der Waals surface area (Å²) in [5, 5.41) is 16.9. The third-order valence-corrected chi connectivity index (χ3v) is 2.77. The second-order valence-electron chi connectivity index (χ2n) is 4.26. The zero-order chi connectivity index (χ0) is 15.2. The lowest BCUT2D eigenvalue weighted by atomic mass is 10.0. The average Bonchev–Trinajstić information content (AvgIpc) is 2.49. The summed E-state index contributed by atoms with van der Waals surface area (Å²) in [6.45, 7) is 0. The number of para-hydroxylation sites is 1. The largest absolute Gasteiger partial charge is 0.457 e. The molecule has 2 aromatic rings. The fraction of sp³-hybridized carbons (Fsp3) is 0. The van der Waals surface area contributed by atoms with Gasteiger partial charge in [0.2, 0.25) is 0 Å². The highest BCUT2D eigenvalue weighted by atomic mass is 16.5. The van der Waals surface area contributed by atoms with Gasteiger partial charge in [-0.25, -0.2) is 0 Å². The molecule has 0 aliphatic carbocycles. The van der Waals surface area contributed by atoms with E-state index in [1.165, 1.54) is 0 Å². The molecule has 104 valence electrons. The highest BCUT2D eigenvalue weighted by molar-refractivity contribution is 6.13. The van der Waals surface area contributed by atoms with Crippen LogP contribution in [-0.4, -0.2) is 5.71 Å². The van der Waals surface area contributed by atoms with Crippen LogP contribution in [0.15, 0.2) is 66.0 Å². The third-order valence-electron chi connectivity index (χ3n) is 2.77. The Morgan fingerprint density at radius 1 is 0.952 bits per heavy atom. The fourth-order valence-electron chi connectivity index (χ4n) is 1.72. The SMILES string of the molecule is N#CC(C(=N)c1ccc(Oc2ccccc2)cc1)=C(N)N. The van der Waals surface area contributed by atoms with E-state index < -0.39 is 0 Å². The average molecular weight is 278 g/mol. The number of nitrogens with one attached hydrogen (secondary N) is 1. The van der Waals surface area contributed by atoms with E-state index in [1.807, 2.05) is 36.4 Å². The van der Waals surface area contributed by atoms with E-state index in [0.717, 1.165) is 5.75 Å². The number of nitrogens with two attached hydrogens (primary N) is 2. The van der Waals surface area contributed by atoms with E-state index in [9.17, 15) is 0 Å². The summed E-state index contributed by atoms with van der Waals surface area (Å²) in [5.41, 5.74) is 11.3. The van der Waals surface area contributed by atoms with E-state index in [1.54, 1.807) is 24.3 Å². The van der Waals surface area contributed by atoms with Gasteiger partial charge < -0.3 is 16.2 Å². The highest BCUT2D eigenvalue weighted by Crippen LogP contribution is 2.21. The van der Waals surface area contributed by atoms with Gasteiger partial charge in [-0.2, -0.15) is 5.26 Å². The normalized spacial score (nSPS) is 9.48. The van der Waals surface area contributed by atoms with Gasteiger partial charge in [-0.05, 0) is 36.4 Å². The zero-order valence-electron chi connectivity index (χ0n) is 11.2. The van der Waals surface area contributed by atoms with Gasteiger partial charge in [-0.1, -0.05) is 18.2 Å². The molecule has 5 N–H and O–H groups in total. The molecular formula is C16H14N4O. The summed E-state index contributed by atoms with van der Waals surface area (Å²) in [6.07, 6.45) is 0. The predicted molar refractivity (Wildman–Crippen MR) is 80.8 cm³/mol. The number of hydrogen-bond acceptors (Lipinski definition) is 5. The first-order chi connectivity index (χ1) is 10.1. The van der Waals surface area contributed by atoms with Crippen molar-refractivity contribution in [3.05, 3.63) is 71.6 Å². The molecule has 0 unspecified atom stereocenters. The number of ether oxygens (including phenoxy) is 1. The Morgan fingerprint density at radius 3 is 2.05 bits per heavy atom. The topological polar surface area (TPSA) is 109 Å². The maximum absolute atomic E-state index is 8.94. The minimum Gasteiger partial charge on any atom is -0.457 e. The Labute approximate surface area is 122 Å². The third kappa shape index (κ3) is 3.39. The van der Waals surface area contributed by atoms with Crippen LogP contribution in [0.25, 0.3) is 0 Å². The molecule has 0 bridgehead atoms. The minimum atomic E-state index is -0.160. The van der Waals surface area contributed by atoms with Crippen LogP contribution in [0.3, 0.4) is 0 Å². The van der Waals surface area contributed by atoms with Gasteiger partial charge in [0.15, 0.2) is 0 Å². The highest BCUT2D eigenvalue weighted by Gasteiger charge is 2.10. The van der Waals surface area contributed by atoms with Crippen molar-refractivity contribution in [2.75, 3.05) is 0 Å². The molecular weight excluding hydrogens is 264 g/mol. The van der Waals surface area contributed by atoms with Crippen molar-refractivity contribution in [3.63, 3.8) is 0 Å². The molecule has 0 spiro atoms. The van der Waals surface area contributed by atoms with E-state index in [2.05, 4.69) is 0 Å². The molecule has 2 rings (SSSR count). The van der Waals surface area contributed by atoms with Crippen LogP contribution in [0.4, 0.5) is 0 Å². The summed E-state index contributed by atoms with van der Waals surface area (Å²) >= 11 is 0. The van der Waals surface area contributed by atoms with Crippen LogP contribution in [-0.2, 0) is 0 Å². The Hall–Kier alpha value is -3.26. The number of rotatable bonds is 4. The van der Waals surface area contributed by atoms with Gasteiger partial charge in [0.25, 0.3) is 0 Å². The molecule has 0 saturated heterocycles. The molecule has 0 aliphatic heterocycles. The molecule has 0 amide bonds. The maximum atomic E-state index is 8.94. The lowest BCUT2D eigenvalue weighted by Crippen LogP contribution is -2.16. The van der Waals surface area contributed by atoms with Crippen LogP contribution >= 0.6 is 0 Å². The van der Waals surface area contributed by atoms with Gasteiger partial charge in [0.05, 0.1) is 5.71 Å². The second kappa shape index (κ2) is 6.26. The minimum absolute atomic E-state index is 0.0104. The smallest absolute Gasteiger partial charge is 0.127 e. The van der Waals surface area contributed by atoms with Gasteiger partial charge in [0.1, 0.15) is 29.0 Å². The van der Waals surface area contributed by atoms with Gasteiger partial charge in [-0.15, -0.1) is 0 Å². The quantitative estimate of drug-likeness (QED) is 0.589.